The zero-order valence-corrected chi connectivity index (χ0v) is 17.3. The summed E-state index contributed by atoms with van der Waals surface area (Å²) in [6.45, 7) is 3.81. The zero-order chi connectivity index (χ0) is 19.4. The molecule has 0 radical (unpaired) electrons. The van der Waals surface area contributed by atoms with Crippen LogP contribution in [0.5, 0.6) is 5.75 Å². The number of hydrogen-bond donors (Lipinski definition) is 1. The second-order valence-corrected chi connectivity index (χ2v) is 8.88. The van der Waals surface area contributed by atoms with E-state index in [1.165, 1.54) is 51.5 Å². The van der Waals surface area contributed by atoms with E-state index in [1.807, 2.05) is 18.2 Å². The zero-order valence-electron chi connectivity index (χ0n) is 17.3. The third kappa shape index (κ3) is 4.29. The first kappa shape index (κ1) is 19.6. The van der Waals surface area contributed by atoms with Crippen LogP contribution in [-0.2, 0) is 4.79 Å². The van der Waals surface area contributed by atoms with Crippen LogP contribution in [0, 0.1) is 5.92 Å². The molecule has 0 unspecified atom stereocenters. The summed E-state index contributed by atoms with van der Waals surface area (Å²) in [5, 5.41) is 3.32. The Balaban J connectivity index is 1.40. The first-order valence-electron chi connectivity index (χ1n) is 11.1. The van der Waals surface area contributed by atoms with Gasteiger partial charge in [-0.25, -0.2) is 0 Å². The van der Waals surface area contributed by atoms with Gasteiger partial charge in [-0.15, -0.1) is 0 Å². The predicted molar refractivity (Wildman–Crippen MR) is 113 cm³/mol. The minimum atomic E-state index is -0.235. The highest BCUT2D eigenvalue weighted by atomic mass is 16.5. The van der Waals surface area contributed by atoms with Crippen molar-refractivity contribution in [3.63, 3.8) is 0 Å². The van der Waals surface area contributed by atoms with Gasteiger partial charge in [-0.1, -0.05) is 38.2 Å². The van der Waals surface area contributed by atoms with Crippen LogP contribution in [0.3, 0.4) is 0 Å². The lowest BCUT2D eigenvalue weighted by Gasteiger charge is -2.45. The van der Waals surface area contributed by atoms with Crippen molar-refractivity contribution < 1.29 is 9.53 Å². The molecule has 4 rings (SSSR count). The van der Waals surface area contributed by atoms with Gasteiger partial charge in [0.05, 0.1) is 13.7 Å². The number of nitrogens with one attached hydrogen (secondary N) is 1. The molecular formula is C23H35N3O2. The quantitative estimate of drug-likeness (QED) is 0.857. The number of nitrogens with zero attached hydrogens (tertiary/aromatic N) is 2. The van der Waals surface area contributed by atoms with Crippen LogP contribution >= 0.6 is 0 Å². The molecule has 1 N–H and O–H groups in total. The van der Waals surface area contributed by atoms with Gasteiger partial charge in [0.15, 0.2) is 0 Å². The van der Waals surface area contributed by atoms with Crippen molar-refractivity contribution in [2.75, 3.05) is 38.2 Å². The number of carbonyl (C=O) groups excluding carboxylic acids is 1. The third-order valence-electron chi connectivity index (χ3n) is 6.98. The maximum atomic E-state index is 12.3. The molecule has 28 heavy (non-hydrogen) atoms. The molecule has 1 saturated carbocycles. The fourth-order valence-corrected chi connectivity index (χ4v) is 5.37. The van der Waals surface area contributed by atoms with Crippen LogP contribution in [-0.4, -0.2) is 49.8 Å². The maximum Gasteiger partial charge on any atom is 0.241 e. The van der Waals surface area contributed by atoms with Crippen LogP contribution in [0.1, 0.15) is 57.8 Å². The van der Waals surface area contributed by atoms with Gasteiger partial charge in [-0.2, -0.15) is 0 Å². The molecule has 3 fully saturated rings. The van der Waals surface area contributed by atoms with Gasteiger partial charge in [-0.05, 0) is 30.9 Å². The van der Waals surface area contributed by atoms with Crippen LogP contribution in [0.15, 0.2) is 24.3 Å². The Kier molecular flexibility index (Phi) is 6.10. The van der Waals surface area contributed by atoms with Crippen LogP contribution in [0.25, 0.3) is 0 Å². The molecule has 0 atom stereocenters. The summed E-state index contributed by atoms with van der Waals surface area (Å²) in [5.74, 6) is 1.84. The summed E-state index contributed by atoms with van der Waals surface area (Å²) in [5.41, 5.74) is 0.840. The molecule has 1 aromatic rings. The van der Waals surface area contributed by atoms with Crippen LogP contribution < -0.4 is 15.0 Å². The van der Waals surface area contributed by atoms with Crippen molar-refractivity contribution in [3.8, 4) is 5.75 Å². The highest BCUT2D eigenvalue weighted by Gasteiger charge is 2.46. The average Bonchev–Trinajstić information content (AvgIpc) is 3.01. The van der Waals surface area contributed by atoms with E-state index < -0.39 is 0 Å². The van der Waals surface area contributed by atoms with Crippen molar-refractivity contribution in [2.24, 2.45) is 5.92 Å². The molecular weight excluding hydrogens is 350 g/mol. The predicted octanol–water partition coefficient (Wildman–Crippen LogP) is 3.78. The number of rotatable bonds is 4. The van der Waals surface area contributed by atoms with E-state index in [0.717, 1.165) is 43.3 Å². The monoisotopic (exact) mass is 385 g/mol. The molecule has 2 saturated heterocycles. The molecule has 0 aromatic heterocycles. The standard InChI is InChI=1S/C23H35N3O2/c1-28-21-11-7-10-20(16-21)26-18-22(27)24-23(26)12-14-25(15-13-23)17-19-8-5-3-2-4-6-9-19/h7,10-11,16,19H,2-6,8-9,12-15,17-18H2,1H3,(H,24,27). The molecule has 1 aromatic carbocycles. The summed E-state index contributed by atoms with van der Waals surface area (Å²) >= 11 is 0. The second kappa shape index (κ2) is 8.73. The number of benzene rings is 1. The van der Waals surface area contributed by atoms with Gasteiger partial charge >= 0.3 is 0 Å². The number of likely N-dealkylation sites (tertiary alicyclic amines) is 1. The van der Waals surface area contributed by atoms with Crippen molar-refractivity contribution in [1.82, 2.24) is 10.2 Å². The summed E-state index contributed by atoms with van der Waals surface area (Å²) in [6, 6.07) is 8.10. The topological polar surface area (TPSA) is 44.8 Å². The van der Waals surface area contributed by atoms with Crippen molar-refractivity contribution in [1.29, 1.82) is 0 Å². The van der Waals surface area contributed by atoms with E-state index in [1.54, 1.807) is 7.11 Å². The van der Waals surface area contributed by atoms with Crippen LogP contribution in [0.2, 0.25) is 0 Å². The van der Waals surface area contributed by atoms with Gasteiger partial charge in [0.1, 0.15) is 11.4 Å². The molecule has 2 heterocycles. The molecule has 154 valence electrons. The summed E-state index contributed by atoms with van der Waals surface area (Å²) in [4.78, 5) is 17.2. The van der Waals surface area contributed by atoms with Gasteiger partial charge in [0.2, 0.25) is 5.91 Å². The van der Waals surface area contributed by atoms with Crippen molar-refractivity contribution in [3.05, 3.63) is 24.3 Å². The number of hydrogen-bond acceptors (Lipinski definition) is 4. The van der Waals surface area contributed by atoms with E-state index in [2.05, 4.69) is 21.2 Å². The highest BCUT2D eigenvalue weighted by Crippen LogP contribution is 2.36. The average molecular weight is 386 g/mol. The SMILES string of the molecule is COc1cccc(N2CC(=O)NC23CCN(CC2CCCCCCC2)CC3)c1. The smallest absolute Gasteiger partial charge is 0.241 e. The first-order chi connectivity index (χ1) is 13.7. The number of amides is 1. The minimum Gasteiger partial charge on any atom is -0.497 e. The van der Waals surface area contributed by atoms with Crippen molar-refractivity contribution >= 4 is 11.6 Å². The largest absolute Gasteiger partial charge is 0.497 e. The van der Waals surface area contributed by atoms with Gasteiger partial charge < -0.3 is 19.9 Å². The van der Waals surface area contributed by atoms with E-state index in [9.17, 15) is 4.79 Å². The second-order valence-electron chi connectivity index (χ2n) is 8.88. The van der Waals surface area contributed by atoms with Crippen molar-refractivity contribution in [2.45, 2.75) is 63.5 Å². The lowest BCUT2D eigenvalue weighted by atomic mass is 9.89. The number of piperidine rings is 1. The summed E-state index contributed by atoms with van der Waals surface area (Å²) < 4.78 is 5.40. The molecule has 0 bridgehead atoms. The number of anilines is 1. The van der Waals surface area contributed by atoms with E-state index in [4.69, 9.17) is 4.74 Å². The van der Waals surface area contributed by atoms with Gasteiger partial charge in [0, 0.05) is 44.2 Å². The number of ether oxygens (including phenoxy) is 1. The van der Waals surface area contributed by atoms with Crippen LogP contribution in [0.4, 0.5) is 5.69 Å². The summed E-state index contributed by atoms with van der Waals surface area (Å²) in [7, 11) is 1.69. The van der Waals surface area contributed by atoms with E-state index in [0.29, 0.717) is 6.54 Å². The molecule has 1 spiro atoms. The number of methoxy groups -OCH3 is 1. The Hall–Kier alpha value is -1.75. The lowest BCUT2D eigenvalue weighted by molar-refractivity contribution is -0.119. The molecule has 2 aliphatic heterocycles. The first-order valence-corrected chi connectivity index (χ1v) is 11.1. The molecule has 5 heteroatoms. The molecule has 1 aliphatic carbocycles. The van der Waals surface area contributed by atoms with Gasteiger partial charge in [0.25, 0.3) is 0 Å². The van der Waals surface area contributed by atoms with E-state index >= 15 is 0 Å². The molecule has 1 amide bonds. The molecule has 5 nitrogen and oxygen atoms in total. The number of carbonyl (C=O) groups is 1. The third-order valence-corrected chi connectivity index (χ3v) is 6.98. The maximum absolute atomic E-state index is 12.3. The Morgan fingerprint density at radius 3 is 2.54 bits per heavy atom. The molecule has 3 aliphatic rings. The Morgan fingerprint density at radius 2 is 1.82 bits per heavy atom. The van der Waals surface area contributed by atoms with Gasteiger partial charge in [-0.3, -0.25) is 4.79 Å². The fourth-order valence-electron chi connectivity index (χ4n) is 5.37. The Labute approximate surface area is 169 Å². The highest BCUT2D eigenvalue weighted by molar-refractivity contribution is 5.87. The fraction of sp³-hybridized carbons (Fsp3) is 0.696. The lowest BCUT2D eigenvalue weighted by Crippen LogP contribution is -2.59. The minimum absolute atomic E-state index is 0.135. The van der Waals surface area contributed by atoms with E-state index in [-0.39, 0.29) is 11.6 Å². The normalized spacial score (nSPS) is 24.0. The Bertz CT molecular complexity index is 662. The Morgan fingerprint density at radius 1 is 1.11 bits per heavy atom. The summed E-state index contributed by atoms with van der Waals surface area (Å²) in [6.07, 6.45) is 11.8.